The summed E-state index contributed by atoms with van der Waals surface area (Å²) >= 11 is 0. The number of carbonyl (C=O) groups is 1. The highest BCUT2D eigenvalue weighted by atomic mass is 16.1. The molecule has 0 unspecified atom stereocenters. The number of aryl methyl sites for hydroxylation is 1. The van der Waals surface area contributed by atoms with Crippen molar-refractivity contribution in [2.75, 3.05) is 0 Å². The van der Waals surface area contributed by atoms with Crippen LogP contribution in [0.5, 0.6) is 0 Å². The smallest absolute Gasteiger partial charge is 0.251 e. The van der Waals surface area contributed by atoms with Crippen LogP contribution in [0.4, 0.5) is 0 Å². The molecular weight excluding hydrogens is 500 g/mol. The molecule has 0 saturated carbocycles. The molecule has 1 N–H and O–H groups in total. The number of amides is 1. The van der Waals surface area contributed by atoms with E-state index in [1.54, 1.807) is 0 Å². The first-order chi connectivity index (χ1) is 19.7. The van der Waals surface area contributed by atoms with Gasteiger partial charge in [0.2, 0.25) is 0 Å². The van der Waals surface area contributed by atoms with Crippen molar-refractivity contribution >= 4 is 16.8 Å². The highest BCUT2D eigenvalue weighted by Crippen LogP contribution is 2.29. The number of nitrogens with zero attached hydrogens (tertiary/aromatic N) is 1. The Bertz CT molecular complexity index is 1640. The Morgan fingerprint density at radius 2 is 1.44 bits per heavy atom. The van der Waals surface area contributed by atoms with E-state index in [4.69, 9.17) is 0 Å². The van der Waals surface area contributed by atoms with E-state index in [-0.39, 0.29) is 11.9 Å². The first-order valence-electron chi connectivity index (χ1n) is 14.9. The van der Waals surface area contributed by atoms with Gasteiger partial charge >= 0.3 is 0 Å². The molecule has 4 aromatic carbocycles. The molecule has 5 aromatic rings. The van der Waals surface area contributed by atoms with Crippen molar-refractivity contribution in [2.24, 2.45) is 5.92 Å². The monoisotopic (exact) mass is 542 g/mol. The van der Waals surface area contributed by atoms with Crippen molar-refractivity contribution in [3.63, 3.8) is 0 Å². The van der Waals surface area contributed by atoms with Crippen LogP contribution >= 0.6 is 0 Å². The van der Waals surface area contributed by atoms with Gasteiger partial charge in [0, 0.05) is 28.7 Å². The standard InChI is InChI=1S/C38H42N2O/c1-25(2)21-36(33-14-10-13-32(22-33)26(3)4)39-38(41)34-19-20-37-35(23-34)27(5)28(6)40(37)24-29-15-17-31(18-16-29)30-11-8-7-9-12-30/h7-20,22-23,25-26,36H,21,24H2,1-6H3,(H,39,41)/t36-/m1/s1. The third kappa shape index (κ3) is 6.30. The normalized spacial score (nSPS) is 12.3. The lowest BCUT2D eigenvalue weighted by Gasteiger charge is -2.22. The summed E-state index contributed by atoms with van der Waals surface area (Å²) < 4.78 is 2.36. The number of benzene rings is 4. The number of carbonyl (C=O) groups excluding carboxylic acids is 1. The van der Waals surface area contributed by atoms with Gasteiger partial charge in [0.25, 0.3) is 5.91 Å². The van der Waals surface area contributed by atoms with Crippen molar-refractivity contribution < 1.29 is 4.79 Å². The summed E-state index contributed by atoms with van der Waals surface area (Å²) in [5.41, 5.74) is 10.5. The summed E-state index contributed by atoms with van der Waals surface area (Å²) in [6.07, 6.45) is 0.896. The lowest BCUT2D eigenvalue weighted by atomic mass is 9.93. The van der Waals surface area contributed by atoms with E-state index in [0.717, 1.165) is 23.9 Å². The maximum absolute atomic E-state index is 13.6. The fraction of sp³-hybridized carbons (Fsp3) is 0.289. The summed E-state index contributed by atoms with van der Waals surface area (Å²) in [5, 5.41) is 4.50. The Labute approximate surface area is 245 Å². The Kier molecular flexibility index (Phi) is 8.44. The summed E-state index contributed by atoms with van der Waals surface area (Å²) in [6.45, 7) is 14.0. The number of aromatic nitrogens is 1. The van der Waals surface area contributed by atoms with Crippen molar-refractivity contribution in [1.29, 1.82) is 0 Å². The number of rotatable bonds is 9. The second-order valence-electron chi connectivity index (χ2n) is 12.1. The molecule has 0 aliphatic rings. The van der Waals surface area contributed by atoms with E-state index in [2.05, 4.69) is 136 Å². The zero-order valence-electron chi connectivity index (χ0n) is 25.2. The van der Waals surface area contributed by atoms with Crippen LogP contribution in [0, 0.1) is 19.8 Å². The summed E-state index contributed by atoms with van der Waals surface area (Å²) in [4.78, 5) is 13.6. The van der Waals surface area contributed by atoms with Crippen LogP contribution in [0.1, 0.15) is 84.4 Å². The van der Waals surface area contributed by atoms with Gasteiger partial charge in [-0.15, -0.1) is 0 Å². The molecule has 1 heterocycles. The molecule has 5 rings (SSSR count). The van der Waals surface area contributed by atoms with Crippen LogP contribution < -0.4 is 5.32 Å². The number of fused-ring (bicyclic) bond motifs is 1. The van der Waals surface area contributed by atoms with E-state index in [1.165, 1.54) is 39.1 Å². The molecule has 1 aromatic heterocycles. The van der Waals surface area contributed by atoms with Crippen LogP contribution in [0.15, 0.2) is 97.1 Å². The van der Waals surface area contributed by atoms with Crippen LogP contribution in [-0.4, -0.2) is 10.5 Å². The van der Waals surface area contributed by atoms with E-state index in [0.29, 0.717) is 17.4 Å². The second kappa shape index (κ2) is 12.2. The predicted molar refractivity (Wildman–Crippen MR) is 173 cm³/mol. The van der Waals surface area contributed by atoms with Gasteiger partial charge in [-0.05, 0) is 83.7 Å². The minimum Gasteiger partial charge on any atom is -0.345 e. The third-order valence-electron chi connectivity index (χ3n) is 8.30. The number of hydrogen-bond acceptors (Lipinski definition) is 1. The van der Waals surface area contributed by atoms with Gasteiger partial charge in [-0.1, -0.05) is 107 Å². The largest absolute Gasteiger partial charge is 0.345 e. The molecular formula is C38H42N2O. The molecule has 0 saturated heterocycles. The first-order valence-corrected chi connectivity index (χ1v) is 14.9. The summed E-state index contributed by atoms with van der Waals surface area (Å²) in [5.74, 6) is 0.893. The van der Waals surface area contributed by atoms with Gasteiger partial charge < -0.3 is 9.88 Å². The SMILES string of the molecule is Cc1c(C)n(Cc2ccc(-c3ccccc3)cc2)c2ccc(C(=O)N[C@H](CC(C)C)c3cccc(C(C)C)c3)cc12. The minimum atomic E-state index is -0.0248. The topological polar surface area (TPSA) is 34.0 Å². The second-order valence-corrected chi connectivity index (χ2v) is 12.1. The fourth-order valence-electron chi connectivity index (χ4n) is 5.74. The lowest BCUT2D eigenvalue weighted by Crippen LogP contribution is -2.29. The maximum Gasteiger partial charge on any atom is 0.251 e. The summed E-state index contributed by atoms with van der Waals surface area (Å²) in [6, 6.07) is 34.1. The van der Waals surface area contributed by atoms with E-state index >= 15 is 0 Å². The van der Waals surface area contributed by atoms with Gasteiger partial charge in [0.1, 0.15) is 0 Å². The van der Waals surface area contributed by atoms with Gasteiger partial charge in [-0.25, -0.2) is 0 Å². The third-order valence-corrected chi connectivity index (χ3v) is 8.30. The van der Waals surface area contributed by atoms with Crippen LogP contribution in [-0.2, 0) is 6.54 Å². The van der Waals surface area contributed by atoms with E-state index in [1.807, 2.05) is 12.1 Å². The van der Waals surface area contributed by atoms with Crippen molar-refractivity contribution in [3.05, 3.63) is 131 Å². The Hall–Kier alpha value is -4.11. The van der Waals surface area contributed by atoms with E-state index < -0.39 is 0 Å². The van der Waals surface area contributed by atoms with E-state index in [9.17, 15) is 4.79 Å². The summed E-state index contributed by atoms with van der Waals surface area (Å²) in [7, 11) is 0. The average Bonchev–Trinajstić information content (AvgIpc) is 3.21. The predicted octanol–water partition coefficient (Wildman–Crippen LogP) is 9.61. The quantitative estimate of drug-likeness (QED) is 0.198. The Morgan fingerprint density at radius 3 is 2.12 bits per heavy atom. The molecule has 210 valence electrons. The molecule has 0 fully saturated rings. The molecule has 0 spiro atoms. The zero-order valence-corrected chi connectivity index (χ0v) is 25.2. The number of nitrogens with one attached hydrogen (secondary N) is 1. The zero-order chi connectivity index (χ0) is 29.1. The van der Waals surface area contributed by atoms with Crippen molar-refractivity contribution in [2.45, 2.75) is 66.5 Å². The van der Waals surface area contributed by atoms with Gasteiger partial charge in [-0.2, -0.15) is 0 Å². The molecule has 1 atom stereocenters. The minimum absolute atomic E-state index is 0.0196. The molecule has 0 aliphatic carbocycles. The van der Waals surface area contributed by atoms with Gasteiger partial charge in [-0.3, -0.25) is 4.79 Å². The van der Waals surface area contributed by atoms with Crippen LogP contribution in [0.2, 0.25) is 0 Å². The maximum atomic E-state index is 13.6. The van der Waals surface area contributed by atoms with Crippen molar-refractivity contribution in [3.8, 4) is 11.1 Å². The van der Waals surface area contributed by atoms with Crippen molar-refractivity contribution in [1.82, 2.24) is 9.88 Å². The molecule has 3 heteroatoms. The molecule has 0 radical (unpaired) electrons. The average molecular weight is 543 g/mol. The van der Waals surface area contributed by atoms with Crippen LogP contribution in [0.25, 0.3) is 22.0 Å². The molecule has 0 bridgehead atoms. The Balaban J connectivity index is 1.39. The van der Waals surface area contributed by atoms with Crippen LogP contribution in [0.3, 0.4) is 0 Å². The highest BCUT2D eigenvalue weighted by Gasteiger charge is 2.20. The molecule has 1 amide bonds. The van der Waals surface area contributed by atoms with Gasteiger partial charge in [0.05, 0.1) is 6.04 Å². The lowest BCUT2D eigenvalue weighted by molar-refractivity contribution is 0.0932. The fourth-order valence-corrected chi connectivity index (χ4v) is 5.74. The Morgan fingerprint density at radius 1 is 0.756 bits per heavy atom. The highest BCUT2D eigenvalue weighted by molar-refractivity contribution is 5.99. The van der Waals surface area contributed by atoms with Gasteiger partial charge in [0.15, 0.2) is 0 Å². The first kappa shape index (κ1) is 28.4. The molecule has 3 nitrogen and oxygen atoms in total. The number of hydrogen-bond donors (Lipinski definition) is 1. The molecule has 0 aliphatic heterocycles. The molecule has 41 heavy (non-hydrogen) atoms.